The van der Waals surface area contributed by atoms with Crippen LogP contribution in [-0.4, -0.2) is 49.8 Å². The number of benzene rings is 2. The Balaban J connectivity index is 1.77. The maximum Gasteiger partial charge on any atom is 0.270 e. The van der Waals surface area contributed by atoms with Crippen LogP contribution in [0.15, 0.2) is 47.1 Å². The zero-order chi connectivity index (χ0) is 19.8. The van der Waals surface area contributed by atoms with E-state index in [-0.39, 0.29) is 5.69 Å². The highest BCUT2D eigenvalue weighted by Crippen LogP contribution is 2.28. The highest BCUT2D eigenvalue weighted by Gasteiger charge is 2.17. The fourth-order valence-corrected chi connectivity index (χ4v) is 3.80. The predicted octanol–water partition coefficient (Wildman–Crippen LogP) is 3.67. The number of nitro groups is 1. The molecule has 0 amide bonds. The molecule has 0 aliphatic rings. The first kappa shape index (κ1) is 18.6. The summed E-state index contributed by atoms with van der Waals surface area (Å²) < 4.78 is 4.63. The van der Waals surface area contributed by atoms with Crippen LogP contribution in [0.4, 0.5) is 5.69 Å². The third kappa shape index (κ3) is 3.38. The lowest BCUT2D eigenvalue weighted by atomic mass is 10.2. The van der Waals surface area contributed by atoms with Crippen LogP contribution >= 0.6 is 15.9 Å². The van der Waals surface area contributed by atoms with Crippen LogP contribution < -0.4 is 0 Å². The van der Waals surface area contributed by atoms with Crippen molar-refractivity contribution >= 4 is 43.6 Å². The molecule has 2 aromatic heterocycles. The van der Waals surface area contributed by atoms with Gasteiger partial charge in [-0.3, -0.25) is 14.8 Å². The summed E-state index contributed by atoms with van der Waals surface area (Å²) in [5, 5.41) is 16.3. The number of halogens is 1. The summed E-state index contributed by atoms with van der Waals surface area (Å²) in [5.74, 6) is 0.901. The average Bonchev–Trinajstić information content (AvgIpc) is 3.17. The second-order valence-corrected chi connectivity index (χ2v) is 7.63. The monoisotopic (exact) mass is 442 g/mol. The van der Waals surface area contributed by atoms with Gasteiger partial charge in [-0.2, -0.15) is 5.10 Å². The molecule has 28 heavy (non-hydrogen) atoms. The third-order valence-corrected chi connectivity index (χ3v) is 5.28. The normalized spacial score (nSPS) is 11.7. The Morgan fingerprint density at radius 3 is 2.71 bits per heavy atom. The number of fused-ring (bicyclic) bond motifs is 2. The SMILES string of the molecule is CN(C)CCn1c(Cn2nc(Br)c3cc([N+](=O)[O-])ccc32)nc2ccccc21. The Kier molecular flexibility index (Phi) is 4.86. The van der Waals surface area contributed by atoms with E-state index in [2.05, 4.69) is 36.6 Å². The van der Waals surface area contributed by atoms with Crippen molar-refractivity contribution in [3.8, 4) is 0 Å². The van der Waals surface area contributed by atoms with Crippen LogP contribution in [0, 0.1) is 10.1 Å². The van der Waals surface area contributed by atoms with E-state index in [1.54, 1.807) is 6.07 Å². The number of hydrogen-bond donors (Lipinski definition) is 0. The van der Waals surface area contributed by atoms with Crippen LogP contribution in [0.2, 0.25) is 0 Å². The Morgan fingerprint density at radius 1 is 1.18 bits per heavy atom. The molecule has 0 aliphatic carbocycles. The van der Waals surface area contributed by atoms with E-state index in [0.29, 0.717) is 16.5 Å². The zero-order valence-electron chi connectivity index (χ0n) is 15.5. The zero-order valence-corrected chi connectivity index (χ0v) is 17.1. The molecule has 0 unspecified atom stereocenters. The van der Waals surface area contributed by atoms with Gasteiger partial charge in [0.2, 0.25) is 0 Å². The number of likely N-dealkylation sites (N-methyl/N-ethyl adjacent to an activating group) is 1. The van der Waals surface area contributed by atoms with Gasteiger partial charge in [-0.1, -0.05) is 12.1 Å². The number of non-ortho nitro benzene ring substituents is 1. The van der Waals surface area contributed by atoms with Gasteiger partial charge < -0.3 is 9.47 Å². The summed E-state index contributed by atoms with van der Waals surface area (Å²) in [4.78, 5) is 17.6. The van der Waals surface area contributed by atoms with E-state index in [1.807, 2.05) is 37.0 Å². The molecule has 9 heteroatoms. The molecule has 2 aromatic carbocycles. The Bertz CT molecular complexity index is 1180. The Hall–Kier alpha value is -2.78. The molecule has 144 valence electrons. The molecule has 4 rings (SSSR count). The predicted molar refractivity (Wildman–Crippen MR) is 111 cm³/mol. The lowest BCUT2D eigenvalue weighted by molar-refractivity contribution is -0.384. The summed E-state index contributed by atoms with van der Waals surface area (Å²) in [6, 6.07) is 12.8. The van der Waals surface area contributed by atoms with Gasteiger partial charge in [0.15, 0.2) is 0 Å². The van der Waals surface area contributed by atoms with Gasteiger partial charge in [0.25, 0.3) is 5.69 Å². The lowest BCUT2D eigenvalue weighted by Gasteiger charge is -2.13. The van der Waals surface area contributed by atoms with Crippen molar-refractivity contribution in [2.24, 2.45) is 0 Å². The standard InChI is InChI=1S/C19H19BrN6O2/c1-23(2)9-10-24-17-6-4-3-5-15(17)21-18(24)12-25-16-8-7-13(26(27)28)11-14(16)19(20)22-25/h3-8,11H,9-10,12H2,1-2H3. The van der Waals surface area contributed by atoms with Crippen molar-refractivity contribution < 1.29 is 4.92 Å². The van der Waals surface area contributed by atoms with E-state index < -0.39 is 4.92 Å². The summed E-state index contributed by atoms with van der Waals surface area (Å²) in [5.41, 5.74) is 2.91. The molecular formula is C19H19BrN6O2. The third-order valence-electron chi connectivity index (χ3n) is 4.70. The van der Waals surface area contributed by atoms with Crippen molar-refractivity contribution in [2.45, 2.75) is 13.1 Å². The van der Waals surface area contributed by atoms with E-state index >= 15 is 0 Å². The molecule has 0 bridgehead atoms. The van der Waals surface area contributed by atoms with Crippen LogP contribution in [-0.2, 0) is 13.1 Å². The molecule has 2 heterocycles. The minimum absolute atomic E-state index is 0.0472. The van der Waals surface area contributed by atoms with Crippen LogP contribution in [0.3, 0.4) is 0 Å². The number of para-hydroxylation sites is 2. The van der Waals surface area contributed by atoms with Crippen molar-refractivity contribution in [3.05, 3.63) is 63.0 Å². The van der Waals surface area contributed by atoms with Crippen molar-refractivity contribution in [3.63, 3.8) is 0 Å². The maximum absolute atomic E-state index is 11.1. The second kappa shape index (κ2) is 7.33. The summed E-state index contributed by atoms with van der Waals surface area (Å²) in [6.45, 7) is 2.18. The average molecular weight is 443 g/mol. The van der Waals surface area contributed by atoms with E-state index in [4.69, 9.17) is 4.98 Å². The smallest absolute Gasteiger partial charge is 0.270 e. The van der Waals surface area contributed by atoms with E-state index in [9.17, 15) is 10.1 Å². The van der Waals surface area contributed by atoms with Crippen LogP contribution in [0.25, 0.3) is 21.9 Å². The van der Waals surface area contributed by atoms with E-state index in [1.165, 1.54) is 12.1 Å². The summed E-state index contributed by atoms with van der Waals surface area (Å²) in [6.07, 6.45) is 0. The molecule has 0 radical (unpaired) electrons. The Labute approximate surface area is 169 Å². The number of nitrogens with zero attached hydrogens (tertiary/aromatic N) is 6. The van der Waals surface area contributed by atoms with E-state index in [0.717, 1.165) is 35.5 Å². The topological polar surface area (TPSA) is 82.0 Å². The molecule has 0 spiro atoms. The summed E-state index contributed by atoms with van der Waals surface area (Å²) in [7, 11) is 4.09. The van der Waals surface area contributed by atoms with Crippen molar-refractivity contribution in [1.82, 2.24) is 24.2 Å². The first-order valence-electron chi connectivity index (χ1n) is 8.83. The number of rotatable bonds is 6. The van der Waals surface area contributed by atoms with Crippen LogP contribution in [0.1, 0.15) is 5.82 Å². The fraction of sp³-hybridized carbons (Fsp3) is 0.263. The van der Waals surface area contributed by atoms with Crippen molar-refractivity contribution in [2.75, 3.05) is 20.6 Å². The molecule has 0 atom stereocenters. The summed E-state index contributed by atoms with van der Waals surface area (Å²) >= 11 is 3.43. The fourth-order valence-electron chi connectivity index (χ4n) is 3.29. The van der Waals surface area contributed by atoms with Gasteiger partial charge in [0.05, 0.1) is 28.0 Å². The minimum Gasteiger partial charge on any atom is -0.325 e. The molecule has 8 nitrogen and oxygen atoms in total. The van der Waals surface area contributed by atoms with Gasteiger partial charge in [-0.25, -0.2) is 4.98 Å². The molecule has 0 saturated heterocycles. The first-order chi connectivity index (χ1) is 13.4. The van der Waals surface area contributed by atoms with Gasteiger partial charge in [-0.15, -0.1) is 0 Å². The molecular weight excluding hydrogens is 424 g/mol. The van der Waals surface area contributed by atoms with Gasteiger partial charge in [0.1, 0.15) is 10.4 Å². The number of nitro benzene ring substituents is 1. The molecule has 4 aromatic rings. The number of hydrogen-bond acceptors (Lipinski definition) is 5. The second-order valence-electron chi connectivity index (χ2n) is 6.88. The molecule has 0 fully saturated rings. The highest BCUT2D eigenvalue weighted by molar-refractivity contribution is 9.10. The largest absolute Gasteiger partial charge is 0.325 e. The number of imidazole rings is 1. The van der Waals surface area contributed by atoms with Crippen LogP contribution in [0.5, 0.6) is 0 Å². The minimum atomic E-state index is -0.399. The quantitative estimate of drug-likeness (QED) is 0.336. The Morgan fingerprint density at radius 2 is 1.96 bits per heavy atom. The molecule has 0 N–H and O–H groups in total. The lowest BCUT2D eigenvalue weighted by Crippen LogP contribution is -2.20. The van der Waals surface area contributed by atoms with Crippen molar-refractivity contribution in [1.29, 1.82) is 0 Å². The highest BCUT2D eigenvalue weighted by atomic mass is 79.9. The first-order valence-corrected chi connectivity index (χ1v) is 9.62. The van der Waals surface area contributed by atoms with Gasteiger partial charge in [-0.05, 0) is 48.2 Å². The molecule has 0 aliphatic heterocycles. The maximum atomic E-state index is 11.1. The molecule has 0 saturated carbocycles. The van der Waals surface area contributed by atoms with Gasteiger partial charge >= 0.3 is 0 Å². The van der Waals surface area contributed by atoms with Gasteiger partial charge in [0, 0.05) is 30.6 Å². The number of aromatic nitrogens is 4.